The van der Waals surface area contributed by atoms with Crippen LogP contribution < -0.4 is 15.0 Å². The van der Waals surface area contributed by atoms with Crippen LogP contribution in [0.5, 0.6) is 5.75 Å². The van der Waals surface area contributed by atoms with Crippen molar-refractivity contribution in [2.75, 3.05) is 25.1 Å². The summed E-state index contributed by atoms with van der Waals surface area (Å²) < 4.78 is 5.27. The van der Waals surface area contributed by atoms with Gasteiger partial charge in [-0.2, -0.15) is 5.26 Å². The molecule has 0 aliphatic carbocycles. The normalized spacial score (nSPS) is 26.4. The molecule has 4 atom stereocenters. The molecule has 1 N–H and O–H groups in total. The second-order valence-corrected chi connectivity index (χ2v) is 9.85. The Morgan fingerprint density at radius 3 is 2.79 bits per heavy atom. The smallest absolute Gasteiger partial charge is 0.225 e. The van der Waals surface area contributed by atoms with Gasteiger partial charge in [-0.1, -0.05) is 23.7 Å². The number of hydrogen-bond donors (Lipinski definition) is 1. The summed E-state index contributed by atoms with van der Waals surface area (Å²) in [4.78, 5) is 17.9. The standard InChI is InChI=1S/C26H29ClN4O2/c1-33-23-5-2-17(3-6-23)15-31-21-4-7-25(31)24(13-21)29-26(32)19-8-9-30(16-19)22-11-18(14-28)10-20(27)12-22/h2-3,5-6,10-12,19,21,24-25H,4,7-9,13,15-16H2,1H3,(H,29,32)/t19?,21-,24+,25+/m0/s1. The molecular formula is C26H29ClN4O2. The van der Waals surface area contributed by atoms with Crippen LogP contribution in [-0.4, -0.2) is 49.1 Å². The first-order valence-electron chi connectivity index (χ1n) is 11.7. The van der Waals surface area contributed by atoms with Crippen molar-refractivity contribution >= 4 is 23.2 Å². The van der Waals surface area contributed by atoms with E-state index in [2.05, 4.69) is 33.3 Å². The van der Waals surface area contributed by atoms with E-state index in [0.29, 0.717) is 29.2 Å². The Morgan fingerprint density at radius 2 is 2.03 bits per heavy atom. The van der Waals surface area contributed by atoms with Gasteiger partial charge in [0.25, 0.3) is 0 Å². The largest absolute Gasteiger partial charge is 0.497 e. The molecule has 1 unspecified atom stereocenters. The van der Waals surface area contributed by atoms with E-state index in [1.165, 1.54) is 12.0 Å². The van der Waals surface area contributed by atoms with Crippen LogP contribution >= 0.6 is 11.6 Å². The number of carbonyl (C=O) groups is 1. The molecule has 172 valence electrons. The minimum absolute atomic E-state index is 0.0383. The Balaban J connectivity index is 1.19. The first-order valence-corrected chi connectivity index (χ1v) is 12.1. The molecule has 2 bridgehead atoms. The molecule has 3 saturated heterocycles. The van der Waals surface area contributed by atoms with Gasteiger partial charge in [0.2, 0.25) is 5.91 Å². The Labute approximate surface area is 200 Å². The molecule has 3 heterocycles. The lowest BCUT2D eigenvalue weighted by molar-refractivity contribution is -0.125. The highest BCUT2D eigenvalue weighted by Crippen LogP contribution is 2.39. The number of nitriles is 1. The van der Waals surface area contributed by atoms with Gasteiger partial charge in [-0.05, 0) is 61.6 Å². The molecule has 2 aromatic rings. The van der Waals surface area contributed by atoms with Gasteiger partial charge in [-0.15, -0.1) is 0 Å². The summed E-state index contributed by atoms with van der Waals surface area (Å²) in [6.07, 6.45) is 4.20. The predicted molar refractivity (Wildman–Crippen MR) is 128 cm³/mol. The zero-order chi connectivity index (χ0) is 22.9. The number of nitrogens with one attached hydrogen (secondary N) is 1. The number of amides is 1. The van der Waals surface area contributed by atoms with Crippen LogP contribution in [0.15, 0.2) is 42.5 Å². The number of anilines is 1. The molecule has 2 aromatic carbocycles. The molecule has 0 radical (unpaired) electrons. The summed E-state index contributed by atoms with van der Waals surface area (Å²) in [5.41, 5.74) is 2.74. The lowest BCUT2D eigenvalue weighted by atomic mass is 9.94. The maximum absolute atomic E-state index is 13.1. The first-order chi connectivity index (χ1) is 16.0. The summed E-state index contributed by atoms with van der Waals surface area (Å²) in [5, 5.41) is 13.2. The van der Waals surface area contributed by atoms with E-state index in [0.717, 1.165) is 43.8 Å². The summed E-state index contributed by atoms with van der Waals surface area (Å²) in [6, 6.07) is 17.0. The van der Waals surface area contributed by atoms with Gasteiger partial charge in [0.1, 0.15) is 5.75 Å². The third kappa shape index (κ3) is 4.53. The lowest BCUT2D eigenvalue weighted by Gasteiger charge is -2.26. The highest BCUT2D eigenvalue weighted by molar-refractivity contribution is 6.31. The molecule has 6 nitrogen and oxygen atoms in total. The number of hydrogen-bond acceptors (Lipinski definition) is 5. The van der Waals surface area contributed by atoms with Crippen molar-refractivity contribution in [1.29, 1.82) is 5.26 Å². The van der Waals surface area contributed by atoms with Gasteiger partial charge in [-0.25, -0.2) is 0 Å². The van der Waals surface area contributed by atoms with Gasteiger partial charge in [0.15, 0.2) is 0 Å². The number of rotatable bonds is 6. The number of methoxy groups -OCH3 is 1. The molecule has 0 aromatic heterocycles. The van der Waals surface area contributed by atoms with E-state index in [4.69, 9.17) is 16.3 Å². The van der Waals surface area contributed by atoms with Crippen LogP contribution in [0.25, 0.3) is 0 Å². The summed E-state index contributed by atoms with van der Waals surface area (Å²) in [5.74, 6) is 0.992. The maximum atomic E-state index is 13.1. The molecule has 0 saturated carbocycles. The second kappa shape index (κ2) is 9.24. The Kier molecular flexibility index (Phi) is 6.18. The number of nitrogens with zero attached hydrogens (tertiary/aromatic N) is 3. The minimum atomic E-state index is -0.0383. The van der Waals surface area contributed by atoms with Gasteiger partial charge in [0, 0.05) is 48.5 Å². The minimum Gasteiger partial charge on any atom is -0.497 e. The number of benzene rings is 2. The van der Waals surface area contributed by atoms with E-state index in [1.54, 1.807) is 13.2 Å². The quantitative estimate of drug-likeness (QED) is 0.700. The zero-order valence-electron chi connectivity index (χ0n) is 18.8. The Hall–Kier alpha value is -2.75. The van der Waals surface area contributed by atoms with Crippen LogP contribution in [0.4, 0.5) is 5.69 Å². The van der Waals surface area contributed by atoms with Crippen LogP contribution in [0, 0.1) is 17.2 Å². The van der Waals surface area contributed by atoms with E-state index < -0.39 is 0 Å². The van der Waals surface area contributed by atoms with Crippen molar-refractivity contribution in [3.05, 3.63) is 58.6 Å². The Morgan fingerprint density at radius 1 is 1.21 bits per heavy atom. The van der Waals surface area contributed by atoms with Crippen LogP contribution in [-0.2, 0) is 11.3 Å². The second-order valence-electron chi connectivity index (χ2n) is 9.41. The number of fused-ring (bicyclic) bond motifs is 2. The fourth-order valence-electron chi connectivity index (χ4n) is 5.78. The zero-order valence-corrected chi connectivity index (χ0v) is 19.6. The van der Waals surface area contributed by atoms with Crippen molar-refractivity contribution in [2.45, 2.75) is 50.4 Å². The van der Waals surface area contributed by atoms with Crippen LogP contribution in [0.1, 0.15) is 36.8 Å². The predicted octanol–water partition coefficient (Wildman–Crippen LogP) is 3.97. The van der Waals surface area contributed by atoms with Gasteiger partial charge in [-0.3, -0.25) is 9.69 Å². The van der Waals surface area contributed by atoms with Gasteiger partial charge < -0.3 is 15.0 Å². The van der Waals surface area contributed by atoms with E-state index in [-0.39, 0.29) is 17.9 Å². The summed E-state index contributed by atoms with van der Waals surface area (Å²) >= 11 is 6.17. The van der Waals surface area contributed by atoms with E-state index >= 15 is 0 Å². The molecule has 3 aliphatic heterocycles. The fourth-order valence-corrected chi connectivity index (χ4v) is 6.00. The lowest BCUT2D eigenvalue weighted by Crippen LogP contribution is -2.46. The van der Waals surface area contributed by atoms with E-state index in [9.17, 15) is 10.1 Å². The molecule has 5 rings (SSSR count). The van der Waals surface area contributed by atoms with Gasteiger partial charge >= 0.3 is 0 Å². The average molecular weight is 465 g/mol. The van der Waals surface area contributed by atoms with Crippen LogP contribution in [0.2, 0.25) is 5.02 Å². The number of ether oxygens (including phenoxy) is 1. The average Bonchev–Trinajstić information content (AvgIpc) is 3.54. The number of halogens is 1. The molecule has 33 heavy (non-hydrogen) atoms. The van der Waals surface area contributed by atoms with Crippen molar-refractivity contribution in [2.24, 2.45) is 5.92 Å². The van der Waals surface area contributed by atoms with Crippen molar-refractivity contribution < 1.29 is 9.53 Å². The van der Waals surface area contributed by atoms with Crippen molar-refractivity contribution in [3.63, 3.8) is 0 Å². The molecule has 3 aliphatic rings. The van der Waals surface area contributed by atoms with Crippen LogP contribution in [0.3, 0.4) is 0 Å². The third-order valence-electron chi connectivity index (χ3n) is 7.47. The molecule has 0 spiro atoms. The summed E-state index contributed by atoms with van der Waals surface area (Å²) in [7, 11) is 1.69. The first kappa shape index (κ1) is 22.1. The monoisotopic (exact) mass is 464 g/mol. The fraction of sp³-hybridized carbons (Fsp3) is 0.462. The molecular weight excluding hydrogens is 436 g/mol. The molecule has 3 fully saturated rings. The topological polar surface area (TPSA) is 68.6 Å². The van der Waals surface area contributed by atoms with E-state index in [1.807, 2.05) is 24.3 Å². The Bertz CT molecular complexity index is 1070. The maximum Gasteiger partial charge on any atom is 0.225 e. The van der Waals surface area contributed by atoms with Gasteiger partial charge in [0.05, 0.1) is 24.7 Å². The summed E-state index contributed by atoms with van der Waals surface area (Å²) in [6.45, 7) is 2.37. The van der Waals surface area contributed by atoms with Crippen molar-refractivity contribution in [3.8, 4) is 11.8 Å². The highest BCUT2D eigenvalue weighted by Gasteiger charge is 2.47. The molecule has 1 amide bonds. The third-order valence-corrected chi connectivity index (χ3v) is 7.69. The SMILES string of the molecule is COc1ccc(CN2[C@H]3CC[C@@H]2[C@H](NC(=O)C2CCN(c4cc(Cl)cc(C#N)c4)C2)C3)cc1. The highest BCUT2D eigenvalue weighted by atomic mass is 35.5. The van der Waals surface area contributed by atoms with Crippen molar-refractivity contribution in [1.82, 2.24) is 10.2 Å². The number of carbonyl (C=O) groups excluding carboxylic acids is 1. The molecule has 7 heteroatoms.